The zero-order valence-corrected chi connectivity index (χ0v) is 47.1. The van der Waals surface area contributed by atoms with Gasteiger partial charge in [-0.15, -0.1) is 0 Å². The van der Waals surface area contributed by atoms with Gasteiger partial charge in [0.2, 0.25) is 0 Å². The maximum atomic E-state index is 12.9. The van der Waals surface area contributed by atoms with Crippen molar-refractivity contribution in [1.29, 1.82) is 0 Å². The third-order valence-electron chi connectivity index (χ3n) is 13.8. The van der Waals surface area contributed by atoms with Crippen LogP contribution in [-0.2, 0) is 28.6 Å². The molecule has 410 valence electrons. The van der Waals surface area contributed by atoms with Crippen LogP contribution in [0.3, 0.4) is 0 Å². The average molecular weight is 984 g/mol. The Balaban J connectivity index is 4.33. The van der Waals surface area contributed by atoms with E-state index in [1.54, 1.807) is 0 Å². The summed E-state index contributed by atoms with van der Waals surface area (Å²) in [5.74, 6) is -0.867. The molecule has 6 nitrogen and oxygen atoms in total. The van der Waals surface area contributed by atoms with E-state index in [2.05, 4.69) is 57.2 Å². The van der Waals surface area contributed by atoms with Gasteiger partial charge in [0, 0.05) is 19.3 Å². The molecule has 0 fully saturated rings. The van der Waals surface area contributed by atoms with E-state index in [1.165, 1.54) is 231 Å². The van der Waals surface area contributed by atoms with Crippen molar-refractivity contribution in [3.63, 3.8) is 0 Å². The fourth-order valence-electron chi connectivity index (χ4n) is 9.13. The van der Waals surface area contributed by atoms with Crippen molar-refractivity contribution in [1.82, 2.24) is 0 Å². The molecule has 6 heteroatoms. The fraction of sp³-hybridized carbons (Fsp3) is 0.859. The van der Waals surface area contributed by atoms with Crippen LogP contribution < -0.4 is 0 Å². The first kappa shape index (κ1) is 67.6. The molecule has 0 unspecified atom stereocenters. The summed E-state index contributed by atoms with van der Waals surface area (Å²) in [6.07, 6.45) is 71.4. The number of rotatable bonds is 57. The van der Waals surface area contributed by atoms with E-state index in [0.717, 1.165) is 64.2 Å². The molecule has 0 aromatic heterocycles. The van der Waals surface area contributed by atoms with Crippen molar-refractivity contribution in [2.75, 3.05) is 13.2 Å². The zero-order chi connectivity index (χ0) is 50.7. The topological polar surface area (TPSA) is 78.9 Å². The molecule has 0 aromatic carbocycles. The van der Waals surface area contributed by atoms with Crippen LogP contribution in [0.15, 0.2) is 36.5 Å². The third kappa shape index (κ3) is 56.5. The van der Waals surface area contributed by atoms with Crippen molar-refractivity contribution >= 4 is 17.9 Å². The number of esters is 3. The standard InChI is InChI=1S/C64H118O6/c1-4-7-10-13-16-19-22-25-28-30-32-34-36-39-42-45-48-51-54-57-63(66)69-60-61(59-68-62(65)56-53-50-47-44-41-38-27-24-21-18-15-12-9-6-3)70-64(67)58-55-52-49-46-43-40-37-35-33-31-29-26-23-20-17-14-11-8-5-2/h24-29,61H,4-23,30-60H2,1-3H3/b27-24+,28-25+,29-26+/t61-/m1/s1. The maximum absolute atomic E-state index is 12.9. The molecule has 0 saturated carbocycles. The molecule has 0 aliphatic carbocycles. The smallest absolute Gasteiger partial charge is 0.306 e. The molecular weight excluding hydrogens is 865 g/mol. The number of carbonyl (C=O) groups excluding carboxylic acids is 3. The molecular formula is C64H118O6. The van der Waals surface area contributed by atoms with E-state index in [-0.39, 0.29) is 31.1 Å². The Morgan fingerprint density at radius 3 is 0.714 bits per heavy atom. The van der Waals surface area contributed by atoms with Gasteiger partial charge >= 0.3 is 17.9 Å². The largest absolute Gasteiger partial charge is 0.462 e. The summed E-state index contributed by atoms with van der Waals surface area (Å²) in [4.78, 5) is 38.2. The second-order valence-corrected chi connectivity index (χ2v) is 21.0. The number of unbranched alkanes of at least 4 members (excludes halogenated alkanes) is 40. The van der Waals surface area contributed by atoms with Gasteiger partial charge in [0.25, 0.3) is 0 Å². The highest BCUT2D eigenvalue weighted by atomic mass is 16.6. The second kappa shape index (κ2) is 59.2. The van der Waals surface area contributed by atoms with Crippen LogP contribution in [0.2, 0.25) is 0 Å². The van der Waals surface area contributed by atoms with Crippen LogP contribution in [-0.4, -0.2) is 37.2 Å². The second-order valence-electron chi connectivity index (χ2n) is 21.0. The molecule has 0 aromatic rings. The Morgan fingerprint density at radius 1 is 0.271 bits per heavy atom. The summed E-state index contributed by atoms with van der Waals surface area (Å²) in [7, 11) is 0. The van der Waals surface area contributed by atoms with Crippen LogP contribution in [0.5, 0.6) is 0 Å². The molecule has 0 radical (unpaired) electrons. The first-order valence-corrected chi connectivity index (χ1v) is 31.0. The Kier molecular flexibility index (Phi) is 57.2. The molecule has 0 rings (SSSR count). The van der Waals surface area contributed by atoms with E-state index in [1.807, 2.05) is 0 Å². The number of hydrogen-bond acceptors (Lipinski definition) is 6. The lowest BCUT2D eigenvalue weighted by Gasteiger charge is -2.18. The van der Waals surface area contributed by atoms with E-state index < -0.39 is 6.10 Å². The highest BCUT2D eigenvalue weighted by molar-refractivity contribution is 5.71. The number of hydrogen-bond donors (Lipinski definition) is 0. The van der Waals surface area contributed by atoms with Crippen molar-refractivity contribution in [2.24, 2.45) is 0 Å². The minimum Gasteiger partial charge on any atom is -0.462 e. The normalized spacial score (nSPS) is 12.2. The third-order valence-corrected chi connectivity index (χ3v) is 13.8. The van der Waals surface area contributed by atoms with Crippen molar-refractivity contribution < 1.29 is 28.6 Å². The lowest BCUT2D eigenvalue weighted by molar-refractivity contribution is -0.167. The first-order valence-electron chi connectivity index (χ1n) is 31.0. The summed E-state index contributed by atoms with van der Waals surface area (Å²) < 4.78 is 16.9. The van der Waals surface area contributed by atoms with Crippen LogP contribution in [0.25, 0.3) is 0 Å². The molecule has 0 aliphatic rings. The molecule has 0 aliphatic heterocycles. The molecule has 70 heavy (non-hydrogen) atoms. The predicted molar refractivity (Wildman–Crippen MR) is 302 cm³/mol. The monoisotopic (exact) mass is 983 g/mol. The van der Waals surface area contributed by atoms with Crippen LogP contribution in [0, 0.1) is 0 Å². The molecule has 0 bridgehead atoms. The van der Waals surface area contributed by atoms with Crippen LogP contribution in [0.4, 0.5) is 0 Å². The quantitative estimate of drug-likeness (QED) is 0.0261. The number of ether oxygens (including phenoxy) is 3. The Morgan fingerprint density at radius 2 is 0.471 bits per heavy atom. The van der Waals surface area contributed by atoms with Crippen LogP contribution >= 0.6 is 0 Å². The van der Waals surface area contributed by atoms with Gasteiger partial charge in [-0.1, -0.05) is 256 Å². The molecule has 0 heterocycles. The van der Waals surface area contributed by atoms with Gasteiger partial charge in [-0.2, -0.15) is 0 Å². The van der Waals surface area contributed by atoms with Gasteiger partial charge in [0.15, 0.2) is 6.10 Å². The Bertz CT molecular complexity index is 1170. The van der Waals surface area contributed by atoms with E-state index in [4.69, 9.17) is 14.2 Å². The maximum Gasteiger partial charge on any atom is 0.306 e. The van der Waals surface area contributed by atoms with Crippen molar-refractivity contribution in [3.05, 3.63) is 36.5 Å². The van der Waals surface area contributed by atoms with Crippen molar-refractivity contribution in [3.8, 4) is 0 Å². The highest BCUT2D eigenvalue weighted by Gasteiger charge is 2.19. The number of allylic oxidation sites excluding steroid dienone is 6. The predicted octanol–water partition coefficient (Wildman–Crippen LogP) is 20.8. The average Bonchev–Trinajstić information content (AvgIpc) is 3.36. The Labute approximate surface area is 435 Å². The summed E-state index contributed by atoms with van der Waals surface area (Å²) in [6, 6.07) is 0. The van der Waals surface area contributed by atoms with Crippen LogP contribution in [0.1, 0.15) is 335 Å². The molecule has 0 spiro atoms. The van der Waals surface area contributed by atoms with Crippen molar-refractivity contribution in [2.45, 2.75) is 341 Å². The Hall–Kier alpha value is -2.37. The summed E-state index contributed by atoms with van der Waals surface area (Å²) in [5.41, 5.74) is 0. The minimum atomic E-state index is -0.776. The molecule has 0 saturated heterocycles. The SMILES string of the molecule is CCCCCCC/C=C/CCCCCCCC(=O)OC[C@H](COC(=O)CCCCCCCCCCC/C=C/CCCCCCCC)OC(=O)CCCCCCCCCCC/C=C/CCCCCCCC. The summed E-state index contributed by atoms with van der Waals surface area (Å²) >= 11 is 0. The lowest BCUT2D eigenvalue weighted by atomic mass is 10.1. The van der Waals surface area contributed by atoms with Gasteiger partial charge in [0.1, 0.15) is 13.2 Å². The van der Waals surface area contributed by atoms with Gasteiger partial charge in [0.05, 0.1) is 0 Å². The zero-order valence-electron chi connectivity index (χ0n) is 47.1. The minimum absolute atomic E-state index is 0.0739. The summed E-state index contributed by atoms with van der Waals surface area (Å²) in [5, 5.41) is 0. The van der Waals surface area contributed by atoms with Gasteiger partial charge in [-0.05, 0) is 96.3 Å². The molecule has 0 amide bonds. The molecule has 0 N–H and O–H groups in total. The van der Waals surface area contributed by atoms with E-state index >= 15 is 0 Å². The van der Waals surface area contributed by atoms with Gasteiger partial charge in [-0.3, -0.25) is 14.4 Å². The van der Waals surface area contributed by atoms with Gasteiger partial charge in [-0.25, -0.2) is 0 Å². The van der Waals surface area contributed by atoms with E-state index in [9.17, 15) is 14.4 Å². The van der Waals surface area contributed by atoms with Gasteiger partial charge < -0.3 is 14.2 Å². The molecule has 1 atom stereocenters. The lowest BCUT2D eigenvalue weighted by Crippen LogP contribution is -2.30. The van der Waals surface area contributed by atoms with E-state index in [0.29, 0.717) is 19.3 Å². The summed E-state index contributed by atoms with van der Waals surface area (Å²) in [6.45, 7) is 6.66. The fourth-order valence-corrected chi connectivity index (χ4v) is 9.13. The highest BCUT2D eigenvalue weighted by Crippen LogP contribution is 2.16. The first-order chi connectivity index (χ1) is 34.5. The number of carbonyl (C=O) groups is 3.